The molecule has 1 aromatic carbocycles. The molecule has 196 valence electrons. The predicted molar refractivity (Wildman–Crippen MR) is 132 cm³/mol. The van der Waals surface area contributed by atoms with Crippen molar-refractivity contribution in [3.63, 3.8) is 0 Å². The summed E-state index contributed by atoms with van der Waals surface area (Å²) in [5.74, 6) is -1.68. The van der Waals surface area contributed by atoms with E-state index < -0.39 is 29.7 Å². The van der Waals surface area contributed by atoms with Crippen molar-refractivity contribution in [3.05, 3.63) is 29.3 Å². The first-order chi connectivity index (χ1) is 17.8. The lowest BCUT2D eigenvalue weighted by molar-refractivity contribution is -0.143. The maximum absolute atomic E-state index is 13.2. The molecule has 6 rings (SSSR count). The molecular weight excluding hydrogens is 476 g/mol. The lowest BCUT2D eigenvalue weighted by Gasteiger charge is -2.36. The number of hydrogen-bond acceptors (Lipinski definition) is 7. The summed E-state index contributed by atoms with van der Waals surface area (Å²) in [6, 6.07) is 4.86. The third kappa shape index (κ3) is 4.21. The SMILES string of the molecule is O=C1CCC(N2C(=O)c3ccc(N4CC[C@@H]5CN(C6CCC(C(=O)O)CC6)CC5C4)cc3C2=O)C(=O)N1. The van der Waals surface area contributed by atoms with Gasteiger partial charge < -0.3 is 10.0 Å². The zero-order chi connectivity index (χ0) is 25.8. The predicted octanol–water partition coefficient (Wildman–Crippen LogP) is 1.49. The summed E-state index contributed by atoms with van der Waals surface area (Å²) in [7, 11) is 0. The number of fused-ring (bicyclic) bond motifs is 2. The second-order valence-electron chi connectivity index (χ2n) is 11.2. The summed E-state index contributed by atoms with van der Waals surface area (Å²) in [6.45, 7) is 3.83. The Kier molecular flexibility index (Phi) is 6.01. The highest BCUT2D eigenvalue weighted by atomic mass is 16.4. The van der Waals surface area contributed by atoms with Crippen LogP contribution in [-0.2, 0) is 14.4 Å². The lowest BCUT2D eigenvalue weighted by Crippen LogP contribution is -2.54. The zero-order valence-corrected chi connectivity index (χ0v) is 20.7. The first-order valence-electron chi connectivity index (χ1n) is 13.4. The van der Waals surface area contributed by atoms with E-state index in [1.807, 2.05) is 6.07 Å². The molecule has 1 saturated carbocycles. The van der Waals surface area contributed by atoms with Gasteiger partial charge in [0.2, 0.25) is 11.8 Å². The number of hydrogen-bond donors (Lipinski definition) is 2. The van der Waals surface area contributed by atoms with Crippen LogP contribution in [0.15, 0.2) is 18.2 Å². The average Bonchev–Trinajstić information content (AvgIpc) is 3.42. The number of carbonyl (C=O) groups excluding carboxylic acids is 4. The molecule has 2 N–H and O–H groups in total. The zero-order valence-electron chi connectivity index (χ0n) is 20.7. The number of likely N-dealkylation sites (tertiary alicyclic amines) is 1. The number of piperidine rings is 2. The van der Waals surface area contributed by atoms with E-state index in [1.54, 1.807) is 12.1 Å². The fraction of sp³-hybridized carbons (Fsp3) is 0.593. The van der Waals surface area contributed by atoms with Gasteiger partial charge in [-0.05, 0) is 68.6 Å². The van der Waals surface area contributed by atoms with E-state index in [1.165, 1.54) is 0 Å². The second kappa shape index (κ2) is 9.24. The van der Waals surface area contributed by atoms with Crippen LogP contribution in [0.1, 0.15) is 65.7 Å². The minimum Gasteiger partial charge on any atom is -0.481 e. The maximum atomic E-state index is 13.2. The van der Waals surface area contributed by atoms with E-state index in [0.29, 0.717) is 29.0 Å². The van der Waals surface area contributed by atoms with E-state index in [0.717, 1.165) is 68.9 Å². The van der Waals surface area contributed by atoms with Crippen LogP contribution in [0.25, 0.3) is 0 Å². The second-order valence-corrected chi connectivity index (χ2v) is 11.2. The molecule has 5 aliphatic rings. The van der Waals surface area contributed by atoms with Crippen LogP contribution in [0.4, 0.5) is 5.69 Å². The van der Waals surface area contributed by atoms with Gasteiger partial charge in [0.1, 0.15) is 6.04 Å². The van der Waals surface area contributed by atoms with Crippen molar-refractivity contribution in [2.24, 2.45) is 17.8 Å². The molecule has 10 nitrogen and oxygen atoms in total. The normalized spacial score (nSPS) is 32.4. The number of nitrogens with one attached hydrogen (secondary N) is 1. The highest BCUT2D eigenvalue weighted by Crippen LogP contribution is 2.38. The summed E-state index contributed by atoms with van der Waals surface area (Å²) < 4.78 is 0. The Bertz CT molecular complexity index is 1180. The number of rotatable bonds is 4. The first kappa shape index (κ1) is 24.1. The highest BCUT2D eigenvalue weighted by molar-refractivity contribution is 6.23. The number of carbonyl (C=O) groups is 5. The van der Waals surface area contributed by atoms with Crippen LogP contribution in [0.5, 0.6) is 0 Å². The number of anilines is 1. The maximum Gasteiger partial charge on any atom is 0.306 e. The summed E-state index contributed by atoms with van der Waals surface area (Å²) in [4.78, 5) is 67.2. The van der Waals surface area contributed by atoms with Gasteiger partial charge in [-0.3, -0.25) is 39.1 Å². The number of amides is 4. The largest absolute Gasteiger partial charge is 0.481 e. The molecule has 4 fully saturated rings. The third-order valence-electron chi connectivity index (χ3n) is 9.18. The summed E-state index contributed by atoms with van der Waals surface area (Å²) in [5, 5.41) is 11.5. The number of aliphatic carboxylic acids is 1. The van der Waals surface area contributed by atoms with Crippen LogP contribution in [0.2, 0.25) is 0 Å². The Labute approximate surface area is 214 Å². The standard InChI is InChI=1S/C27H32N4O6/c32-23-8-7-22(24(33)28-23)31-25(34)20-6-5-19(11-21(20)26(31)35)29-10-9-16-12-30(14-17(16)13-29)18-3-1-15(2-4-18)27(36)37/h5-6,11,15-18,22H,1-4,7-10,12-14H2,(H,36,37)(H,28,32,33)/t15?,16-,17?,18?,22?/m1/s1. The molecule has 4 aliphatic heterocycles. The molecule has 2 unspecified atom stereocenters. The fourth-order valence-electron chi connectivity index (χ4n) is 7.08. The lowest BCUT2D eigenvalue weighted by atomic mass is 9.85. The van der Waals surface area contributed by atoms with Gasteiger partial charge in [0.25, 0.3) is 11.8 Å². The first-order valence-corrected chi connectivity index (χ1v) is 13.4. The van der Waals surface area contributed by atoms with Crippen molar-refractivity contribution in [2.75, 3.05) is 31.1 Å². The molecule has 0 aromatic heterocycles. The van der Waals surface area contributed by atoms with Gasteiger partial charge in [0.05, 0.1) is 17.0 Å². The van der Waals surface area contributed by atoms with Crippen LogP contribution in [0.3, 0.4) is 0 Å². The average molecular weight is 509 g/mol. The van der Waals surface area contributed by atoms with Crippen molar-refractivity contribution >= 4 is 35.3 Å². The Balaban J connectivity index is 1.12. The van der Waals surface area contributed by atoms with Gasteiger partial charge in [-0.2, -0.15) is 0 Å². The summed E-state index contributed by atoms with van der Waals surface area (Å²) in [6.07, 6.45) is 4.72. The molecule has 0 bridgehead atoms. The van der Waals surface area contributed by atoms with Gasteiger partial charge in [-0.15, -0.1) is 0 Å². The monoisotopic (exact) mass is 508 g/mol. The number of benzene rings is 1. The minimum atomic E-state index is -0.959. The van der Waals surface area contributed by atoms with Gasteiger partial charge in [-0.1, -0.05) is 0 Å². The van der Waals surface area contributed by atoms with Crippen LogP contribution in [0, 0.1) is 17.8 Å². The highest BCUT2D eigenvalue weighted by Gasteiger charge is 2.45. The van der Waals surface area contributed by atoms with Crippen molar-refractivity contribution in [1.29, 1.82) is 0 Å². The van der Waals surface area contributed by atoms with Crippen LogP contribution in [-0.4, -0.2) is 82.8 Å². The molecular formula is C27H32N4O6. The van der Waals surface area contributed by atoms with Crippen molar-refractivity contribution in [1.82, 2.24) is 15.1 Å². The van der Waals surface area contributed by atoms with Crippen molar-refractivity contribution in [3.8, 4) is 0 Å². The molecule has 37 heavy (non-hydrogen) atoms. The molecule has 4 heterocycles. The molecule has 3 saturated heterocycles. The summed E-state index contributed by atoms with van der Waals surface area (Å²) >= 11 is 0. The van der Waals surface area contributed by atoms with E-state index in [2.05, 4.69) is 15.1 Å². The Morgan fingerprint density at radius 1 is 0.865 bits per heavy atom. The number of carboxylic acid groups (broad SMARTS) is 1. The van der Waals surface area contributed by atoms with Crippen LogP contribution >= 0.6 is 0 Å². The Morgan fingerprint density at radius 3 is 2.32 bits per heavy atom. The molecule has 1 aromatic rings. The molecule has 0 spiro atoms. The Morgan fingerprint density at radius 2 is 1.59 bits per heavy atom. The summed E-state index contributed by atoms with van der Waals surface area (Å²) in [5.41, 5.74) is 1.53. The molecule has 1 aliphatic carbocycles. The molecule has 3 atom stereocenters. The Hall–Kier alpha value is -3.27. The smallest absolute Gasteiger partial charge is 0.306 e. The van der Waals surface area contributed by atoms with E-state index >= 15 is 0 Å². The number of imide groups is 2. The van der Waals surface area contributed by atoms with Gasteiger partial charge in [-0.25, -0.2) is 0 Å². The van der Waals surface area contributed by atoms with Crippen LogP contribution < -0.4 is 10.2 Å². The number of carboxylic acids is 1. The molecule has 10 heteroatoms. The molecule has 0 radical (unpaired) electrons. The van der Waals surface area contributed by atoms with Gasteiger partial charge >= 0.3 is 5.97 Å². The van der Waals surface area contributed by atoms with Crippen molar-refractivity contribution < 1.29 is 29.1 Å². The van der Waals surface area contributed by atoms with E-state index in [4.69, 9.17) is 0 Å². The third-order valence-corrected chi connectivity index (χ3v) is 9.18. The number of nitrogens with zero attached hydrogens (tertiary/aromatic N) is 3. The topological polar surface area (TPSA) is 127 Å². The minimum absolute atomic E-state index is 0.101. The molecule has 4 amide bonds. The van der Waals surface area contributed by atoms with Gasteiger partial charge in [0, 0.05) is 44.3 Å². The quantitative estimate of drug-likeness (QED) is 0.586. The fourth-order valence-corrected chi connectivity index (χ4v) is 7.08. The van der Waals surface area contributed by atoms with Crippen molar-refractivity contribution in [2.45, 2.75) is 57.0 Å². The van der Waals surface area contributed by atoms with E-state index in [9.17, 15) is 29.1 Å². The van der Waals surface area contributed by atoms with Gasteiger partial charge in [0.15, 0.2) is 0 Å². The van der Waals surface area contributed by atoms with E-state index in [-0.39, 0.29) is 24.7 Å².